The largest absolute Gasteiger partial charge is 0.478 e. The number of hydrogen-bond donors (Lipinski definition) is 2. The second-order valence-electron chi connectivity index (χ2n) is 6.63. The van der Waals surface area contributed by atoms with Gasteiger partial charge in [-0.2, -0.15) is 0 Å². The van der Waals surface area contributed by atoms with Gasteiger partial charge in [0.15, 0.2) is 0 Å². The first-order chi connectivity index (χ1) is 11.3. The number of rotatable bonds is 6. The lowest BCUT2D eigenvalue weighted by molar-refractivity contribution is -0.161. The van der Waals surface area contributed by atoms with Crippen LogP contribution in [0.5, 0.6) is 0 Å². The fourth-order valence-electron chi connectivity index (χ4n) is 2.75. The van der Waals surface area contributed by atoms with Crippen molar-refractivity contribution in [2.45, 2.75) is 45.1 Å². The second-order valence-corrected chi connectivity index (χ2v) is 6.63. The van der Waals surface area contributed by atoms with Gasteiger partial charge >= 0.3 is 5.97 Å². The molecule has 24 heavy (non-hydrogen) atoms. The van der Waals surface area contributed by atoms with E-state index in [1.807, 2.05) is 25.1 Å². The summed E-state index contributed by atoms with van der Waals surface area (Å²) in [5.74, 6) is -0.684. The van der Waals surface area contributed by atoms with Crippen LogP contribution in [0, 0.1) is 5.92 Å². The van der Waals surface area contributed by atoms with Gasteiger partial charge in [0, 0.05) is 18.5 Å². The Labute approximate surface area is 141 Å². The van der Waals surface area contributed by atoms with Crippen LogP contribution in [0.15, 0.2) is 29.4 Å². The first-order valence-electron chi connectivity index (χ1n) is 8.04. The van der Waals surface area contributed by atoms with Gasteiger partial charge in [-0.3, -0.25) is 4.79 Å². The molecule has 1 aliphatic carbocycles. The molecule has 0 spiro atoms. The van der Waals surface area contributed by atoms with Crippen molar-refractivity contribution >= 4 is 17.6 Å². The SMILES string of the molecule is CNC(=O)c1cccc(C2CCC2/C(C)=N/OC(C)(C)C(=O)O)c1. The summed E-state index contributed by atoms with van der Waals surface area (Å²) in [6.45, 7) is 4.80. The van der Waals surface area contributed by atoms with Crippen LogP contribution in [0.3, 0.4) is 0 Å². The lowest BCUT2D eigenvalue weighted by Gasteiger charge is -2.37. The van der Waals surface area contributed by atoms with E-state index in [1.165, 1.54) is 13.8 Å². The third kappa shape index (κ3) is 3.75. The van der Waals surface area contributed by atoms with Crippen LogP contribution >= 0.6 is 0 Å². The monoisotopic (exact) mass is 332 g/mol. The van der Waals surface area contributed by atoms with Crippen LogP contribution in [0.1, 0.15) is 55.5 Å². The van der Waals surface area contributed by atoms with Gasteiger partial charge in [-0.15, -0.1) is 0 Å². The Morgan fingerprint density at radius 1 is 1.33 bits per heavy atom. The number of benzene rings is 1. The van der Waals surface area contributed by atoms with Crippen molar-refractivity contribution in [3.05, 3.63) is 35.4 Å². The zero-order chi connectivity index (χ0) is 17.9. The number of nitrogens with zero attached hydrogens (tertiary/aromatic N) is 1. The molecule has 6 heteroatoms. The quantitative estimate of drug-likeness (QED) is 0.619. The van der Waals surface area contributed by atoms with Crippen molar-refractivity contribution in [3.63, 3.8) is 0 Å². The van der Waals surface area contributed by atoms with Crippen LogP contribution in [0.4, 0.5) is 0 Å². The number of carbonyl (C=O) groups excluding carboxylic acids is 1. The number of nitrogens with one attached hydrogen (secondary N) is 1. The Kier molecular flexibility index (Phi) is 5.26. The maximum Gasteiger partial charge on any atom is 0.350 e. The summed E-state index contributed by atoms with van der Waals surface area (Å²) >= 11 is 0. The average Bonchev–Trinajstić information content (AvgIpc) is 2.51. The van der Waals surface area contributed by atoms with E-state index in [-0.39, 0.29) is 17.7 Å². The fourth-order valence-corrected chi connectivity index (χ4v) is 2.75. The summed E-state index contributed by atoms with van der Waals surface area (Å²) < 4.78 is 0. The molecule has 2 N–H and O–H groups in total. The predicted molar refractivity (Wildman–Crippen MR) is 91.2 cm³/mol. The summed E-state index contributed by atoms with van der Waals surface area (Å²) in [6.07, 6.45) is 1.98. The molecule has 0 heterocycles. The highest BCUT2D eigenvalue weighted by molar-refractivity contribution is 5.94. The predicted octanol–water partition coefficient (Wildman–Crippen LogP) is 2.80. The highest BCUT2D eigenvalue weighted by atomic mass is 16.7. The Bertz CT molecular complexity index is 667. The highest BCUT2D eigenvalue weighted by Crippen LogP contribution is 2.43. The number of oxime groups is 1. The standard InChI is InChI=1S/C18H24N2O4/c1-11(20-24-18(2,3)17(22)23)14-8-9-15(14)12-6-5-7-13(10-12)16(21)19-4/h5-7,10,14-15H,8-9H2,1-4H3,(H,19,21)(H,22,23)/b20-11+. The number of carboxylic acid groups (broad SMARTS) is 1. The van der Waals surface area contributed by atoms with Crippen LogP contribution in [0.2, 0.25) is 0 Å². The van der Waals surface area contributed by atoms with Crippen molar-refractivity contribution in [1.82, 2.24) is 5.32 Å². The van der Waals surface area contributed by atoms with Crippen LogP contribution in [0.25, 0.3) is 0 Å². The lowest BCUT2D eigenvalue weighted by atomic mass is 9.68. The van der Waals surface area contributed by atoms with Crippen molar-refractivity contribution in [2.24, 2.45) is 11.1 Å². The zero-order valence-electron chi connectivity index (χ0n) is 14.5. The first-order valence-corrected chi connectivity index (χ1v) is 8.04. The molecule has 1 fully saturated rings. The van der Waals surface area contributed by atoms with Crippen LogP contribution in [-0.4, -0.2) is 35.3 Å². The van der Waals surface area contributed by atoms with E-state index in [0.717, 1.165) is 24.1 Å². The minimum Gasteiger partial charge on any atom is -0.478 e. The van der Waals surface area contributed by atoms with E-state index in [0.29, 0.717) is 5.56 Å². The van der Waals surface area contributed by atoms with Gasteiger partial charge in [0.25, 0.3) is 5.91 Å². The minimum atomic E-state index is -1.35. The molecule has 1 aromatic carbocycles. The third-order valence-corrected chi connectivity index (χ3v) is 4.55. The van der Waals surface area contributed by atoms with Gasteiger partial charge in [-0.1, -0.05) is 17.3 Å². The number of amides is 1. The first kappa shape index (κ1) is 18.0. The normalized spacial score (nSPS) is 20.9. The Morgan fingerprint density at radius 2 is 2.04 bits per heavy atom. The molecule has 0 aliphatic heterocycles. The molecule has 2 rings (SSSR count). The van der Waals surface area contributed by atoms with Crippen LogP contribution < -0.4 is 5.32 Å². The molecule has 1 saturated carbocycles. The highest BCUT2D eigenvalue weighted by Gasteiger charge is 2.36. The van der Waals surface area contributed by atoms with Crippen molar-refractivity contribution < 1.29 is 19.5 Å². The van der Waals surface area contributed by atoms with Crippen molar-refractivity contribution in [1.29, 1.82) is 0 Å². The van der Waals surface area contributed by atoms with Gasteiger partial charge in [0.2, 0.25) is 5.60 Å². The number of carbonyl (C=O) groups is 2. The van der Waals surface area contributed by atoms with Gasteiger partial charge in [0.05, 0.1) is 5.71 Å². The second kappa shape index (κ2) is 7.03. The molecule has 0 bridgehead atoms. The topological polar surface area (TPSA) is 88.0 Å². The molecule has 1 aromatic rings. The van der Waals surface area contributed by atoms with E-state index in [9.17, 15) is 9.59 Å². The molecule has 2 atom stereocenters. The smallest absolute Gasteiger partial charge is 0.350 e. The summed E-state index contributed by atoms with van der Waals surface area (Å²) in [7, 11) is 1.61. The lowest BCUT2D eigenvalue weighted by Crippen LogP contribution is -2.35. The third-order valence-electron chi connectivity index (χ3n) is 4.55. The molecule has 1 amide bonds. The van der Waals surface area contributed by atoms with E-state index in [4.69, 9.17) is 9.94 Å². The minimum absolute atomic E-state index is 0.107. The fraction of sp³-hybridized carbons (Fsp3) is 0.500. The molecule has 0 saturated heterocycles. The number of aliphatic carboxylic acids is 1. The molecule has 2 unspecified atom stereocenters. The maximum atomic E-state index is 11.8. The molecule has 0 aromatic heterocycles. The zero-order valence-corrected chi connectivity index (χ0v) is 14.5. The van der Waals surface area contributed by atoms with E-state index < -0.39 is 11.6 Å². The summed E-state index contributed by atoms with van der Waals surface area (Å²) in [5.41, 5.74) is 1.17. The summed E-state index contributed by atoms with van der Waals surface area (Å²) in [6, 6.07) is 7.59. The summed E-state index contributed by atoms with van der Waals surface area (Å²) in [4.78, 5) is 28.0. The Hall–Kier alpha value is -2.37. The Balaban J connectivity index is 2.12. The molecular formula is C18H24N2O4. The number of carboxylic acids is 1. The van der Waals surface area contributed by atoms with E-state index in [2.05, 4.69) is 10.5 Å². The van der Waals surface area contributed by atoms with Gasteiger partial charge in [0.1, 0.15) is 0 Å². The van der Waals surface area contributed by atoms with E-state index >= 15 is 0 Å². The van der Waals surface area contributed by atoms with E-state index in [1.54, 1.807) is 13.1 Å². The average molecular weight is 332 g/mol. The molecular weight excluding hydrogens is 308 g/mol. The van der Waals surface area contributed by atoms with Gasteiger partial charge < -0.3 is 15.3 Å². The molecule has 130 valence electrons. The van der Waals surface area contributed by atoms with Gasteiger partial charge in [-0.05, 0) is 57.2 Å². The molecule has 6 nitrogen and oxygen atoms in total. The van der Waals surface area contributed by atoms with Crippen LogP contribution in [-0.2, 0) is 9.63 Å². The van der Waals surface area contributed by atoms with Crippen molar-refractivity contribution in [2.75, 3.05) is 7.05 Å². The molecule has 0 radical (unpaired) electrons. The summed E-state index contributed by atoms with van der Waals surface area (Å²) in [5, 5.41) is 15.7. The number of hydrogen-bond acceptors (Lipinski definition) is 4. The Morgan fingerprint density at radius 3 is 2.58 bits per heavy atom. The van der Waals surface area contributed by atoms with Crippen molar-refractivity contribution in [3.8, 4) is 0 Å². The molecule has 1 aliphatic rings. The maximum absolute atomic E-state index is 11.8. The van der Waals surface area contributed by atoms with Gasteiger partial charge in [-0.25, -0.2) is 4.79 Å².